The Morgan fingerprint density at radius 1 is 0.957 bits per heavy atom. The number of carbonyl (C=O) groups is 3. The van der Waals surface area contributed by atoms with Crippen LogP contribution in [0.4, 0.5) is 5.69 Å². The Labute approximate surface area is 128 Å². The summed E-state index contributed by atoms with van der Waals surface area (Å²) in [5, 5.41) is 39.4. The van der Waals surface area contributed by atoms with Crippen LogP contribution in [0.5, 0.6) is 11.5 Å². The second-order valence-electron chi connectivity index (χ2n) is 4.38. The number of rotatable bonds is 4. The zero-order valence-electron chi connectivity index (χ0n) is 11.3. The van der Waals surface area contributed by atoms with Gasteiger partial charge in [0, 0.05) is 12.4 Å². The molecule has 0 spiro atoms. The average molecular weight is 318 g/mol. The van der Waals surface area contributed by atoms with E-state index >= 15 is 0 Å². The normalized spacial score (nSPS) is 10.1. The van der Waals surface area contributed by atoms with Gasteiger partial charge in [-0.3, -0.25) is 9.78 Å². The number of benzene rings is 1. The molecule has 0 saturated heterocycles. The molecule has 2 aromatic rings. The van der Waals surface area contributed by atoms with Crippen molar-refractivity contribution in [1.29, 1.82) is 0 Å². The van der Waals surface area contributed by atoms with E-state index in [1.165, 1.54) is 12.3 Å². The van der Waals surface area contributed by atoms with E-state index in [4.69, 9.17) is 10.2 Å². The van der Waals surface area contributed by atoms with E-state index in [9.17, 15) is 24.6 Å². The summed E-state index contributed by atoms with van der Waals surface area (Å²) in [7, 11) is 0. The molecule has 2 rings (SSSR count). The molecule has 0 saturated carbocycles. The fourth-order valence-corrected chi connectivity index (χ4v) is 1.82. The lowest BCUT2D eigenvalue weighted by Gasteiger charge is -2.10. The minimum absolute atomic E-state index is 0.0999. The number of aromatic nitrogens is 1. The Morgan fingerprint density at radius 2 is 1.57 bits per heavy atom. The molecule has 9 heteroatoms. The quantitative estimate of drug-likeness (QED) is 0.525. The van der Waals surface area contributed by atoms with Crippen molar-refractivity contribution in [1.82, 2.24) is 4.98 Å². The fraction of sp³-hybridized carbons (Fsp3) is 0. The first kappa shape index (κ1) is 15.8. The van der Waals surface area contributed by atoms with E-state index in [1.54, 1.807) is 0 Å². The largest absolute Gasteiger partial charge is 0.508 e. The summed E-state index contributed by atoms with van der Waals surface area (Å²) >= 11 is 0. The first-order valence-corrected chi connectivity index (χ1v) is 6.09. The molecule has 0 aliphatic rings. The zero-order valence-corrected chi connectivity index (χ0v) is 11.3. The number of anilines is 1. The summed E-state index contributed by atoms with van der Waals surface area (Å²) in [5.41, 5.74) is -1.57. The first-order valence-electron chi connectivity index (χ1n) is 6.09. The predicted molar refractivity (Wildman–Crippen MR) is 75.9 cm³/mol. The van der Waals surface area contributed by atoms with E-state index in [0.29, 0.717) is 0 Å². The Bertz CT molecular complexity index is 817. The van der Waals surface area contributed by atoms with E-state index in [0.717, 1.165) is 18.3 Å². The van der Waals surface area contributed by atoms with Crippen LogP contribution in [0.25, 0.3) is 0 Å². The van der Waals surface area contributed by atoms with Gasteiger partial charge in [0.05, 0.1) is 11.3 Å². The number of carboxylic acids is 2. The van der Waals surface area contributed by atoms with Crippen molar-refractivity contribution in [3.05, 3.63) is 47.3 Å². The zero-order chi connectivity index (χ0) is 17.1. The molecule has 1 aromatic heterocycles. The lowest BCUT2D eigenvalue weighted by atomic mass is 10.1. The first-order chi connectivity index (χ1) is 10.8. The number of phenolic OH excluding ortho intramolecular Hbond substituents is 1. The Balaban J connectivity index is 2.43. The Morgan fingerprint density at radius 3 is 2.17 bits per heavy atom. The van der Waals surface area contributed by atoms with Crippen LogP contribution in [-0.4, -0.2) is 43.3 Å². The van der Waals surface area contributed by atoms with E-state index < -0.39 is 40.5 Å². The average Bonchev–Trinajstić information content (AvgIpc) is 2.49. The van der Waals surface area contributed by atoms with Crippen LogP contribution in [0.2, 0.25) is 0 Å². The SMILES string of the molecule is O=C(O)c1cnccc1NC(=O)c1cc(O)cc(C(=O)O)c1O. The number of amides is 1. The van der Waals surface area contributed by atoms with Crippen LogP contribution < -0.4 is 5.32 Å². The smallest absolute Gasteiger partial charge is 0.339 e. The van der Waals surface area contributed by atoms with Crippen molar-refractivity contribution in [3.63, 3.8) is 0 Å². The molecule has 1 heterocycles. The number of nitrogens with one attached hydrogen (secondary N) is 1. The predicted octanol–water partition coefficient (Wildman–Crippen LogP) is 1.14. The second-order valence-corrected chi connectivity index (χ2v) is 4.38. The van der Waals surface area contributed by atoms with Crippen LogP contribution in [0.3, 0.4) is 0 Å². The molecule has 9 nitrogen and oxygen atoms in total. The molecular weight excluding hydrogens is 308 g/mol. The van der Waals surface area contributed by atoms with Crippen LogP contribution in [0.1, 0.15) is 31.1 Å². The molecule has 0 unspecified atom stereocenters. The number of carbonyl (C=O) groups excluding carboxylic acids is 1. The van der Waals surface area contributed by atoms with E-state index in [-0.39, 0.29) is 11.3 Å². The van der Waals surface area contributed by atoms with Crippen LogP contribution in [0, 0.1) is 0 Å². The highest BCUT2D eigenvalue weighted by atomic mass is 16.4. The maximum atomic E-state index is 12.1. The molecule has 0 radical (unpaired) electrons. The van der Waals surface area contributed by atoms with Gasteiger partial charge in [-0.05, 0) is 18.2 Å². The van der Waals surface area contributed by atoms with Gasteiger partial charge in [-0.25, -0.2) is 9.59 Å². The van der Waals surface area contributed by atoms with Crippen molar-refractivity contribution >= 4 is 23.5 Å². The van der Waals surface area contributed by atoms with Gasteiger partial charge >= 0.3 is 11.9 Å². The third-order valence-electron chi connectivity index (χ3n) is 2.87. The second kappa shape index (κ2) is 6.02. The van der Waals surface area contributed by atoms with Crippen LogP contribution in [-0.2, 0) is 0 Å². The highest BCUT2D eigenvalue weighted by Crippen LogP contribution is 2.29. The van der Waals surface area contributed by atoms with Crippen LogP contribution in [0.15, 0.2) is 30.6 Å². The number of aromatic hydroxyl groups is 2. The van der Waals surface area contributed by atoms with Crippen molar-refractivity contribution in [2.75, 3.05) is 5.32 Å². The molecule has 5 N–H and O–H groups in total. The van der Waals surface area contributed by atoms with E-state index in [2.05, 4.69) is 10.3 Å². The van der Waals surface area contributed by atoms with Crippen LogP contribution >= 0.6 is 0 Å². The summed E-state index contributed by atoms with van der Waals surface area (Å²) < 4.78 is 0. The summed E-state index contributed by atoms with van der Waals surface area (Å²) in [6.45, 7) is 0. The Hall–Kier alpha value is -3.62. The number of carboxylic acid groups (broad SMARTS) is 2. The molecular formula is C14H10N2O7. The number of phenols is 2. The summed E-state index contributed by atoms with van der Waals surface area (Å²) in [6.07, 6.45) is 2.26. The number of hydrogen-bond acceptors (Lipinski definition) is 6. The van der Waals surface area contributed by atoms with Crippen molar-refractivity contribution in [3.8, 4) is 11.5 Å². The van der Waals surface area contributed by atoms with Gasteiger partial charge in [-0.1, -0.05) is 0 Å². The minimum atomic E-state index is -1.54. The topological polar surface area (TPSA) is 157 Å². The maximum Gasteiger partial charge on any atom is 0.339 e. The van der Waals surface area contributed by atoms with E-state index in [1.807, 2.05) is 0 Å². The number of nitrogens with zero attached hydrogens (tertiary/aromatic N) is 1. The number of aromatic carboxylic acids is 2. The summed E-state index contributed by atoms with van der Waals surface area (Å²) in [6, 6.07) is 2.86. The molecule has 1 amide bonds. The lowest BCUT2D eigenvalue weighted by molar-refractivity contribution is 0.0684. The molecule has 118 valence electrons. The molecule has 0 bridgehead atoms. The van der Waals surface area contributed by atoms with Crippen molar-refractivity contribution in [2.45, 2.75) is 0 Å². The molecule has 0 fully saturated rings. The monoisotopic (exact) mass is 318 g/mol. The standard InChI is InChI=1S/C14H10N2O7/c17-6-3-7(11(18)8(4-6)13(20)21)12(19)16-10-1-2-15-5-9(10)14(22)23/h1-5,17-18H,(H,20,21)(H,22,23)(H,15,16,19). The van der Waals surface area contributed by atoms with Gasteiger partial charge in [-0.2, -0.15) is 0 Å². The third-order valence-corrected chi connectivity index (χ3v) is 2.87. The van der Waals surface area contributed by atoms with Crippen molar-refractivity contribution < 1.29 is 34.8 Å². The van der Waals surface area contributed by atoms with Gasteiger partial charge in [0.1, 0.15) is 22.6 Å². The molecule has 0 atom stereocenters. The van der Waals surface area contributed by atoms with Gasteiger partial charge < -0.3 is 25.7 Å². The highest BCUT2D eigenvalue weighted by molar-refractivity contribution is 6.10. The third kappa shape index (κ3) is 3.18. The van der Waals surface area contributed by atoms with Gasteiger partial charge in [0.15, 0.2) is 0 Å². The maximum absolute atomic E-state index is 12.1. The number of pyridine rings is 1. The van der Waals surface area contributed by atoms with Gasteiger partial charge in [-0.15, -0.1) is 0 Å². The molecule has 0 aliphatic carbocycles. The molecule has 23 heavy (non-hydrogen) atoms. The molecule has 0 aliphatic heterocycles. The van der Waals surface area contributed by atoms with Crippen molar-refractivity contribution in [2.24, 2.45) is 0 Å². The fourth-order valence-electron chi connectivity index (χ4n) is 1.82. The minimum Gasteiger partial charge on any atom is -0.508 e. The van der Waals surface area contributed by atoms with Gasteiger partial charge in [0.25, 0.3) is 5.91 Å². The lowest BCUT2D eigenvalue weighted by Crippen LogP contribution is -2.16. The highest BCUT2D eigenvalue weighted by Gasteiger charge is 2.21. The molecule has 1 aromatic carbocycles. The van der Waals surface area contributed by atoms with Gasteiger partial charge in [0.2, 0.25) is 0 Å². The number of hydrogen-bond donors (Lipinski definition) is 5. The Kier molecular flexibility index (Phi) is 4.12. The summed E-state index contributed by atoms with van der Waals surface area (Å²) in [4.78, 5) is 37.8. The summed E-state index contributed by atoms with van der Waals surface area (Å²) in [5.74, 6) is -5.26.